The lowest BCUT2D eigenvalue weighted by molar-refractivity contribution is -0.129. The number of hydrogen-bond donors (Lipinski definition) is 1. The molecule has 1 saturated heterocycles. The number of ketones is 1. The van der Waals surface area contributed by atoms with E-state index in [1.54, 1.807) is 6.33 Å². The third-order valence-corrected chi connectivity index (χ3v) is 4.20. The smallest absolute Gasteiger partial charge is 0.147 e. The SMILES string of the molecule is CCC1(C(=O)Cc2ncnn2C(C)C)CCCNC1. The van der Waals surface area contributed by atoms with Crippen LogP contribution in [-0.4, -0.2) is 33.6 Å². The van der Waals surface area contributed by atoms with E-state index in [4.69, 9.17) is 0 Å². The van der Waals surface area contributed by atoms with Gasteiger partial charge in [0.15, 0.2) is 0 Å². The van der Waals surface area contributed by atoms with Crippen molar-refractivity contribution in [2.75, 3.05) is 13.1 Å². The molecule has 1 aliphatic rings. The summed E-state index contributed by atoms with van der Waals surface area (Å²) in [6, 6.07) is 0.243. The highest BCUT2D eigenvalue weighted by Gasteiger charge is 2.37. The molecule has 2 rings (SSSR count). The van der Waals surface area contributed by atoms with Crippen molar-refractivity contribution in [1.29, 1.82) is 0 Å². The molecular weight excluding hydrogens is 240 g/mol. The zero-order chi connectivity index (χ0) is 13.9. The predicted octanol–water partition coefficient (Wildman–Crippen LogP) is 1.75. The van der Waals surface area contributed by atoms with E-state index < -0.39 is 0 Å². The van der Waals surface area contributed by atoms with Crippen molar-refractivity contribution in [3.05, 3.63) is 12.2 Å². The summed E-state index contributed by atoms with van der Waals surface area (Å²) in [5.74, 6) is 1.09. The Morgan fingerprint density at radius 1 is 1.58 bits per heavy atom. The summed E-state index contributed by atoms with van der Waals surface area (Å²) in [5, 5.41) is 7.56. The summed E-state index contributed by atoms with van der Waals surface area (Å²) >= 11 is 0. The molecule has 0 aliphatic carbocycles. The normalized spacial score (nSPS) is 23.8. The number of piperidine rings is 1. The maximum Gasteiger partial charge on any atom is 0.147 e. The Kier molecular flexibility index (Phi) is 4.34. The molecule has 0 radical (unpaired) electrons. The van der Waals surface area contributed by atoms with Crippen molar-refractivity contribution in [1.82, 2.24) is 20.1 Å². The first kappa shape index (κ1) is 14.2. The highest BCUT2D eigenvalue weighted by molar-refractivity contribution is 5.86. The van der Waals surface area contributed by atoms with Crippen molar-refractivity contribution >= 4 is 5.78 Å². The second-order valence-corrected chi connectivity index (χ2v) is 5.73. The Bertz CT molecular complexity index is 432. The van der Waals surface area contributed by atoms with Gasteiger partial charge in [0.05, 0.1) is 6.42 Å². The number of hydrogen-bond acceptors (Lipinski definition) is 4. The number of carbonyl (C=O) groups excluding carboxylic acids is 1. The summed E-state index contributed by atoms with van der Waals surface area (Å²) in [4.78, 5) is 16.9. The van der Waals surface area contributed by atoms with Crippen molar-refractivity contribution < 1.29 is 4.79 Å². The Hall–Kier alpha value is -1.23. The summed E-state index contributed by atoms with van der Waals surface area (Å²) in [5.41, 5.74) is -0.202. The molecule has 1 N–H and O–H groups in total. The van der Waals surface area contributed by atoms with Gasteiger partial charge >= 0.3 is 0 Å². The number of nitrogens with one attached hydrogen (secondary N) is 1. The monoisotopic (exact) mass is 264 g/mol. The van der Waals surface area contributed by atoms with Crippen LogP contribution in [0.5, 0.6) is 0 Å². The second-order valence-electron chi connectivity index (χ2n) is 5.73. The van der Waals surface area contributed by atoms with E-state index in [-0.39, 0.29) is 11.5 Å². The van der Waals surface area contributed by atoms with Crippen LogP contribution in [0.3, 0.4) is 0 Å². The van der Waals surface area contributed by atoms with Gasteiger partial charge in [0.1, 0.15) is 17.9 Å². The van der Waals surface area contributed by atoms with Gasteiger partial charge in [-0.1, -0.05) is 6.92 Å². The third kappa shape index (κ3) is 2.86. The molecular formula is C14H24N4O. The van der Waals surface area contributed by atoms with Crippen molar-refractivity contribution in [3.63, 3.8) is 0 Å². The molecule has 0 spiro atoms. The number of nitrogens with zero attached hydrogens (tertiary/aromatic N) is 3. The van der Waals surface area contributed by atoms with E-state index >= 15 is 0 Å². The van der Waals surface area contributed by atoms with Gasteiger partial charge in [0.2, 0.25) is 0 Å². The minimum atomic E-state index is -0.202. The van der Waals surface area contributed by atoms with Crippen LogP contribution < -0.4 is 5.32 Å². The Balaban J connectivity index is 2.13. The van der Waals surface area contributed by atoms with Crippen LogP contribution in [0.4, 0.5) is 0 Å². The Labute approximate surface area is 114 Å². The lowest BCUT2D eigenvalue weighted by atomic mass is 9.74. The van der Waals surface area contributed by atoms with E-state index in [0.29, 0.717) is 12.2 Å². The van der Waals surface area contributed by atoms with Crippen LogP contribution in [0.25, 0.3) is 0 Å². The lowest BCUT2D eigenvalue weighted by Gasteiger charge is -2.35. The summed E-state index contributed by atoms with van der Waals surface area (Å²) in [6.07, 6.45) is 4.91. The first-order valence-corrected chi connectivity index (χ1v) is 7.21. The molecule has 1 aromatic rings. The van der Waals surface area contributed by atoms with Gasteiger partial charge in [-0.2, -0.15) is 5.10 Å². The van der Waals surface area contributed by atoms with Crippen molar-refractivity contribution in [2.45, 2.75) is 52.5 Å². The van der Waals surface area contributed by atoms with Crippen LogP contribution in [0, 0.1) is 5.41 Å². The van der Waals surface area contributed by atoms with E-state index in [1.807, 2.05) is 4.68 Å². The predicted molar refractivity (Wildman–Crippen MR) is 73.9 cm³/mol. The summed E-state index contributed by atoms with van der Waals surface area (Å²) in [6.45, 7) is 8.05. The highest BCUT2D eigenvalue weighted by Crippen LogP contribution is 2.32. The maximum atomic E-state index is 12.7. The molecule has 1 aliphatic heterocycles. The average molecular weight is 264 g/mol. The second kappa shape index (κ2) is 5.82. The quantitative estimate of drug-likeness (QED) is 0.880. The minimum absolute atomic E-state index is 0.202. The van der Waals surface area contributed by atoms with Crippen LogP contribution in [0.1, 0.15) is 51.9 Å². The molecule has 1 fully saturated rings. The molecule has 1 atom stereocenters. The Morgan fingerprint density at radius 2 is 2.37 bits per heavy atom. The van der Waals surface area contributed by atoms with E-state index in [9.17, 15) is 4.79 Å². The highest BCUT2D eigenvalue weighted by atomic mass is 16.1. The molecule has 0 amide bonds. The lowest BCUT2D eigenvalue weighted by Crippen LogP contribution is -2.46. The zero-order valence-electron chi connectivity index (χ0n) is 12.1. The largest absolute Gasteiger partial charge is 0.316 e. The maximum absolute atomic E-state index is 12.7. The van der Waals surface area contributed by atoms with E-state index in [2.05, 4.69) is 36.2 Å². The first-order chi connectivity index (χ1) is 9.09. The number of carbonyl (C=O) groups is 1. The fraction of sp³-hybridized carbons (Fsp3) is 0.786. The molecule has 2 heterocycles. The van der Waals surface area contributed by atoms with Gasteiger partial charge in [-0.25, -0.2) is 9.67 Å². The topological polar surface area (TPSA) is 59.8 Å². The Morgan fingerprint density at radius 3 is 2.95 bits per heavy atom. The third-order valence-electron chi connectivity index (χ3n) is 4.20. The summed E-state index contributed by atoms with van der Waals surface area (Å²) in [7, 11) is 0. The van der Waals surface area contributed by atoms with E-state index in [1.165, 1.54) is 0 Å². The van der Waals surface area contributed by atoms with Gasteiger partial charge in [-0.05, 0) is 39.7 Å². The number of Topliss-reactive ketones (excluding diaryl/α,β-unsaturated/α-hetero) is 1. The van der Waals surface area contributed by atoms with E-state index in [0.717, 1.165) is 38.2 Å². The molecule has 1 unspecified atom stereocenters. The van der Waals surface area contributed by atoms with Crippen molar-refractivity contribution in [3.8, 4) is 0 Å². The van der Waals surface area contributed by atoms with Crippen LogP contribution in [0.15, 0.2) is 6.33 Å². The van der Waals surface area contributed by atoms with Crippen LogP contribution in [-0.2, 0) is 11.2 Å². The fourth-order valence-electron chi connectivity index (χ4n) is 2.87. The molecule has 5 nitrogen and oxygen atoms in total. The van der Waals surface area contributed by atoms with Gasteiger partial charge in [0.25, 0.3) is 0 Å². The number of aromatic nitrogens is 3. The van der Waals surface area contributed by atoms with Crippen molar-refractivity contribution in [2.24, 2.45) is 5.41 Å². The molecule has 0 bridgehead atoms. The summed E-state index contributed by atoms with van der Waals surface area (Å²) < 4.78 is 1.84. The molecule has 5 heteroatoms. The van der Waals surface area contributed by atoms with Gasteiger partial charge in [-0.3, -0.25) is 4.79 Å². The molecule has 106 valence electrons. The van der Waals surface area contributed by atoms with Gasteiger partial charge in [0, 0.05) is 18.0 Å². The van der Waals surface area contributed by atoms with Crippen LogP contribution >= 0.6 is 0 Å². The van der Waals surface area contributed by atoms with Gasteiger partial charge in [-0.15, -0.1) is 0 Å². The first-order valence-electron chi connectivity index (χ1n) is 7.21. The molecule has 1 aromatic heterocycles. The molecule has 0 saturated carbocycles. The molecule has 19 heavy (non-hydrogen) atoms. The number of rotatable bonds is 5. The van der Waals surface area contributed by atoms with Crippen LogP contribution in [0.2, 0.25) is 0 Å². The average Bonchev–Trinajstić information content (AvgIpc) is 2.87. The standard InChI is InChI=1S/C14H24N4O/c1-4-14(6-5-7-15-9-14)12(19)8-13-16-10-17-18(13)11(2)3/h10-11,15H,4-9H2,1-3H3. The molecule has 0 aromatic carbocycles. The fourth-order valence-corrected chi connectivity index (χ4v) is 2.87. The minimum Gasteiger partial charge on any atom is -0.316 e. The van der Waals surface area contributed by atoms with Gasteiger partial charge < -0.3 is 5.32 Å². The zero-order valence-corrected chi connectivity index (χ0v) is 12.1.